The van der Waals surface area contributed by atoms with Crippen LogP contribution in [-0.2, 0) is 9.59 Å². The molecule has 0 aromatic heterocycles. The maximum absolute atomic E-state index is 12.7. The van der Waals surface area contributed by atoms with Gasteiger partial charge in [-0.05, 0) is 61.0 Å². The minimum atomic E-state index is -1.10. The van der Waals surface area contributed by atoms with Crippen molar-refractivity contribution in [1.29, 1.82) is 0 Å². The molecule has 0 bridgehead atoms. The lowest BCUT2D eigenvalue weighted by atomic mass is 9.88. The average molecular weight is 473 g/mol. The van der Waals surface area contributed by atoms with Gasteiger partial charge < -0.3 is 10.6 Å². The lowest BCUT2D eigenvalue weighted by Gasteiger charge is -2.35. The molecule has 0 unspecified atom stereocenters. The number of nitrogens with one attached hydrogen (secondary N) is 2. The monoisotopic (exact) mass is 472 g/mol. The zero-order valence-corrected chi connectivity index (χ0v) is 23.1. The quantitative estimate of drug-likeness (QED) is 0.425. The number of rotatable bonds is 6. The second-order valence-corrected chi connectivity index (χ2v) is 23.5. The van der Waals surface area contributed by atoms with Crippen LogP contribution in [0.1, 0.15) is 51.4 Å². The summed E-state index contributed by atoms with van der Waals surface area (Å²) in [6.45, 7) is 14.6. The molecule has 0 radical (unpaired) electrons. The second kappa shape index (κ2) is 10.2. The van der Waals surface area contributed by atoms with Crippen LogP contribution in [0.4, 0.5) is 11.4 Å². The van der Waals surface area contributed by atoms with Crippen LogP contribution in [0, 0.1) is 11.8 Å². The van der Waals surface area contributed by atoms with Crippen LogP contribution < -0.4 is 10.6 Å². The first kappa shape index (κ1) is 25.2. The van der Waals surface area contributed by atoms with Gasteiger partial charge in [-0.15, -0.1) is 0 Å². The minimum Gasteiger partial charge on any atom is -0.326 e. The van der Waals surface area contributed by atoms with Crippen LogP contribution in [0.25, 0.3) is 0 Å². The Bertz CT molecular complexity index is 713. The van der Waals surface area contributed by atoms with Gasteiger partial charge in [-0.3, -0.25) is 9.59 Å². The van der Waals surface area contributed by atoms with Gasteiger partial charge in [0, 0.05) is 39.4 Å². The maximum Gasteiger partial charge on any atom is 0.227 e. The molecule has 2 aliphatic carbocycles. The fourth-order valence-corrected chi connectivity index (χ4v) is 9.70. The predicted molar refractivity (Wildman–Crippen MR) is 142 cm³/mol. The minimum absolute atomic E-state index is 0.133. The Morgan fingerprint density at radius 2 is 0.875 bits per heavy atom. The fraction of sp³-hybridized carbons (Fsp3) is 0.692. The van der Waals surface area contributed by atoms with Gasteiger partial charge in [0.1, 0.15) is 0 Å². The Labute approximate surface area is 197 Å². The molecule has 0 saturated heterocycles. The molecule has 2 aliphatic rings. The molecule has 2 amide bonds. The highest BCUT2D eigenvalue weighted by molar-refractivity contribution is 6.77. The molecule has 1 aromatic rings. The van der Waals surface area contributed by atoms with E-state index in [0.29, 0.717) is 0 Å². The molecule has 1 aromatic carbocycles. The van der Waals surface area contributed by atoms with Crippen LogP contribution in [0.3, 0.4) is 0 Å². The molecule has 178 valence electrons. The zero-order valence-electron chi connectivity index (χ0n) is 21.1. The zero-order chi connectivity index (χ0) is 23.5. The van der Waals surface area contributed by atoms with Gasteiger partial charge in [0.2, 0.25) is 11.8 Å². The van der Waals surface area contributed by atoms with Crippen LogP contribution in [0.15, 0.2) is 24.3 Å². The number of carbonyl (C=O) groups is 2. The van der Waals surface area contributed by atoms with Gasteiger partial charge in [0.15, 0.2) is 0 Å². The third-order valence-electron chi connectivity index (χ3n) is 8.07. The number of anilines is 2. The Morgan fingerprint density at radius 3 is 1.12 bits per heavy atom. The smallest absolute Gasteiger partial charge is 0.227 e. The molecule has 6 heteroatoms. The van der Waals surface area contributed by atoms with Gasteiger partial charge in [-0.2, -0.15) is 0 Å². The van der Waals surface area contributed by atoms with Crippen LogP contribution in [0.2, 0.25) is 50.4 Å². The van der Waals surface area contributed by atoms with Crippen molar-refractivity contribution < 1.29 is 9.59 Å². The van der Waals surface area contributed by atoms with Crippen molar-refractivity contribution >= 4 is 39.3 Å². The molecule has 0 atom stereocenters. The molecule has 3 rings (SSSR count). The summed E-state index contributed by atoms with van der Waals surface area (Å²) < 4.78 is 0. The molecule has 0 aliphatic heterocycles. The van der Waals surface area contributed by atoms with E-state index in [4.69, 9.17) is 0 Å². The highest BCUT2D eigenvalue weighted by Gasteiger charge is 2.34. The molecular weight excluding hydrogens is 428 g/mol. The van der Waals surface area contributed by atoms with Crippen molar-refractivity contribution in [2.24, 2.45) is 11.8 Å². The summed E-state index contributed by atoms with van der Waals surface area (Å²) in [7, 11) is -2.21. The molecule has 32 heavy (non-hydrogen) atoms. The van der Waals surface area contributed by atoms with E-state index < -0.39 is 16.1 Å². The standard InChI is InChI=1S/C26H44N2O2Si2/c1-31(2,3)23-15-7-19(8-16-23)25(29)27-21-11-13-22(14-12-21)28-26(30)20-9-17-24(18-10-20)32(4,5)6/h11-14,19-20,23-24H,7-10,15-18H2,1-6H3,(H,27,29)(H,28,30). The fourth-order valence-electron chi connectivity index (χ4n) is 5.57. The molecule has 2 fully saturated rings. The van der Waals surface area contributed by atoms with Crippen molar-refractivity contribution in [2.75, 3.05) is 10.6 Å². The highest BCUT2D eigenvalue weighted by Crippen LogP contribution is 2.40. The van der Waals surface area contributed by atoms with E-state index in [9.17, 15) is 9.59 Å². The number of benzene rings is 1. The summed E-state index contributed by atoms with van der Waals surface area (Å²) in [5.41, 5.74) is 3.33. The van der Waals surface area contributed by atoms with Crippen molar-refractivity contribution in [1.82, 2.24) is 0 Å². The van der Waals surface area contributed by atoms with E-state index in [-0.39, 0.29) is 23.7 Å². The summed E-state index contributed by atoms with van der Waals surface area (Å²) in [5, 5.41) is 6.18. The first-order chi connectivity index (χ1) is 14.9. The molecule has 0 spiro atoms. The van der Waals surface area contributed by atoms with E-state index in [0.717, 1.165) is 48.1 Å². The third-order valence-corrected chi connectivity index (χ3v) is 14.1. The molecule has 2 saturated carbocycles. The average Bonchev–Trinajstić information content (AvgIpc) is 2.74. The van der Waals surface area contributed by atoms with Gasteiger partial charge in [0.25, 0.3) is 0 Å². The molecule has 0 heterocycles. The topological polar surface area (TPSA) is 58.2 Å². The van der Waals surface area contributed by atoms with Crippen molar-refractivity contribution in [2.45, 2.75) is 102 Å². The van der Waals surface area contributed by atoms with Crippen molar-refractivity contribution in [3.63, 3.8) is 0 Å². The number of hydrogen-bond donors (Lipinski definition) is 2. The molecule has 2 N–H and O–H groups in total. The summed E-state index contributed by atoms with van der Waals surface area (Å²) in [5.74, 6) is 0.562. The van der Waals surface area contributed by atoms with E-state index in [2.05, 4.69) is 49.9 Å². The van der Waals surface area contributed by atoms with Gasteiger partial charge in [-0.1, -0.05) is 65.0 Å². The maximum atomic E-state index is 12.7. The van der Waals surface area contributed by atoms with Crippen molar-refractivity contribution in [3.05, 3.63) is 24.3 Å². The van der Waals surface area contributed by atoms with Gasteiger partial charge >= 0.3 is 0 Å². The summed E-state index contributed by atoms with van der Waals surface area (Å²) in [6, 6.07) is 7.62. The lowest BCUT2D eigenvalue weighted by molar-refractivity contribution is -0.121. The summed E-state index contributed by atoms with van der Waals surface area (Å²) in [6.07, 6.45) is 8.81. The number of carbonyl (C=O) groups excluding carboxylic acids is 2. The SMILES string of the molecule is C[Si](C)(C)C1CCC(C(=O)Nc2ccc(NC(=O)C3CCC([Si](C)(C)C)CC3)cc2)CC1. The summed E-state index contributed by atoms with van der Waals surface area (Å²) in [4.78, 5) is 25.4. The lowest BCUT2D eigenvalue weighted by Crippen LogP contribution is -2.34. The van der Waals surface area contributed by atoms with E-state index in [1.54, 1.807) is 0 Å². The molecular formula is C26H44N2O2Si2. The van der Waals surface area contributed by atoms with E-state index in [1.807, 2.05) is 24.3 Å². The Balaban J connectivity index is 1.45. The van der Waals surface area contributed by atoms with Gasteiger partial charge in [-0.25, -0.2) is 0 Å². The summed E-state index contributed by atoms with van der Waals surface area (Å²) >= 11 is 0. The van der Waals surface area contributed by atoms with Crippen LogP contribution in [-0.4, -0.2) is 28.0 Å². The largest absolute Gasteiger partial charge is 0.326 e. The Morgan fingerprint density at radius 1 is 0.594 bits per heavy atom. The highest BCUT2D eigenvalue weighted by atomic mass is 28.3. The Kier molecular flexibility index (Phi) is 8.08. The van der Waals surface area contributed by atoms with Gasteiger partial charge in [0.05, 0.1) is 0 Å². The third kappa shape index (κ3) is 6.80. The number of amides is 2. The van der Waals surface area contributed by atoms with E-state index in [1.165, 1.54) is 25.7 Å². The first-order valence-corrected chi connectivity index (χ1v) is 19.8. The van der Waals surface area contributed by atoms with E-state index >= 15 is 0 Å². The Hall–Kier alpha value is -1.41. The first-order valence-electron chi connectivity index (χ1n) is 12.7. The number of hydrogen-bond acceptors (Lipinski definition) is 2. The van der Waals surface area contributed by atoms with Crippen LogP contribution in [0.5, 0.6) is 0 Å². The van der Waals surface area contributed by atoms with Crippen molar-refractivity contribution in [3.8, 4) is 0 Å². The second-order valence-electron chi connectivity index (χ2n) is 12.4. The van der Waals surface area contributed by atoms with Crippen LogP contribution >= 0.6 is 0 Å². The normalized spacial score (nSPS) is 26.9. The molecule has 4 nitrogen and oxygen atoms in total. The predicted octanol–water partition coefficient (Wildman–Crippen LogP) is 7.36.